The second-order valence-corrected chi connectivity index (χ2v) is 4.28. The van der Waals surface area contributed by atoms with E-state index in [0.29, 0.717) is 11.5 Å². The molecule has 1 aromatic rings. The van der Waals surface area contributed by atoms with Gasteiger partial charge in [0.2, 0.25) is 0 Å². The summed E-state index contributed by atoms with van der Waals surface area (Å²) < 4.78 is 18.0. The van der Waals surface area contributed by atoms with E-state index in [1.165, 1.54) is 12.8 Å². The lowest BCUT2D eigenvalue weighted by Gasteiger charge is -2.22. The maximum Gasteiger partial charge on any atom is 0.119 e. The number of nitrogens with one attached hydrogen (secondary N) is 1. The molecule has 2 nitrogen and oxygen atoms in total. The molecule has 0 amide bonds. The molecule has 1 fully saturated rings. The molecule has 1 aliphatic heterocycles. The van der Waals surface area contributed by atoms with E-state index in [9.17, 15) is 4.39 Å². The van der Waals surface area contributed by atoms with Crippen molar-refractivity contribution in [1.82, 2.24) is 5.32 Å². The minimum absolute atomic E-state index is 0.408. The molecule has 3 heteroatoms. The summed E-state index contributed by atoms with van der Waals surface area (Å²) >= 11 is 0. The van der Waals surface area contributed by atoms with E-state index in [1.54, 1.807) is 12.1 Å². The lowest BCUT2D eigenvalue weighted by Crippen LogP contribution is -2.30. The average molecular weight is 223 g/mol. The summed E-state index contributed by atoms with van der Waals surface area (Å²) in [6.45, 7) is 2.55. The second kappa shape index (κ2) is 5.85. The average Bonchev–Trinajstić information content (AvgIpc) is 2.38. The summed E-state index contributed by atoms with van der Waals surface area (Å²) in [6.07, 6.45) is 2.37. The van der Waals surface area contributed by atoms with Crippen LogP contribution in [-0.4, -0.2) is 19.7 Å². The Balaban J connectivity index is 1.79. The van der Waals surface area contributed by atoms with E-state index in [4.69, 9.17) is 4.74 Å². The minimum Gasteiger partial charge on any atom is -0.493 e. The smallest absolute Gasteiger partial charge is 0.119 e. The summed E-state index contributed by atoms with van der Waals surface area (Å²) in [5.41, 5.74) is 0.703. The van der Waals surface area contributed by atoms with Crippen LogP contribution in [0, 0.1) is 5.92 Å². The Kier molecular flexibility index (Phi) is 4.17. The summed E-state index contributed by atoms with van der Waals surface area (Å²) in [7, 11) is 0. The molecule has 1 aromatic carbocycles. The highest BCUT2D eigenvalue weighted by Crippen LogP contribution is 2.17. The number of hydrogen-bond acceptors (Lipinski definition) is 2. The summed E-state index contributed by atoms with van der Waals surface area (Å²) in [6, 6.07) is 7.24. The van der Waals surface area contributed by atoms with Crippen molar-refractivity contribution < 1.29 is 9.13 Å². The van der Waals surface area contributed by atoms with Crippen molar-refractivity contribution >= 4 is 0 Å². The van der Waals surface area contributed by atoms with Crippen LogP contribution in [0.5, 0.6) is 5.75 Å². The quantitative estimate of drug-likeness (QED) is 0.847. The van der Waals surface area contributed by atoms with Gasteiger partial charge in [-0.25, -0.2) is 4.39 Å². The molecule has 0 unspecified atom stereocenters. The number of halogens is 1. The third kappa shape index (κ3) is 3.20. The van der Waals surface area contributed by atoms with Crippen molar-refractivity contribution in [3.05, 3.63) is 29.8 Å². The Bertz CT molecular complexity index is 306. The molecule has 0 spiro atoms. The molecule has 1 saturated heterocycles. The lowest BCUT2D eigenvalue weighted by atomic mass is 9.99. The molecule has 0 radical (unpaired) electrons. The van der Waals surface area contributed by atoms with Gasteiger partial charge in [0.1, 0.15) is 12.4 Å². The maximum absolute atomic E-state index is 12.3. The van der Waals surface area contributed by atoms with Crippen LogP contribution in [0.2, 0.25) is 0 Å². The Morgan fingerprint density at radius 2 is 1.88 bits per heavy atom. The van der Waals surface area contributed by atoms with Gasteiger partial charge in [-0.05, 0) is 49.5 Å². The van der Waals surface area contributed by atoms with Gasteiger partial charge in [-0.15, -0.1) is 0 Å². The van der Waals surface area contributed by atoms with Crippen molar-refractivity contribution in [2.75, 3.05) is 19.7 Å². The molecule has 1 N–H and O–H groups in total. The lowest BCUT2D eigenvalue weighted by molar-refractivity contribution is 0.215. The summed E-state index contributed by atoms with van der Waals surface area (Å²) in [5.74, 6) is 1.50. The van der Waals surface area contributed by atoms with Crippen molar-refractivity contribution in [2.45, 2.75) is 19.5 Å². The van der Waals surface area contributed by atoms with E-state index in [-0.39, 0.29) is 0 Å². The Morgan fingerprint density at radius 1 is 1.19 bits per heavy atom. The van der Waals surface area contributed by atoms with Gasteiger partial charge >= 0.3 is 0 Å². The topological polar surface area (TPSA) is 21.3 Å². The normalized spacial score (nSPS) is 17.3. The molecule has 0 aromatic heterocycles. The van der Waals surface area contributed by atoms with E-state index in [0.717, 1.165) is 25.4 Å². The van der Waals surface area contributed by atoms with Crippen molar-refractivity contribution in [3.8, 4) is 5.75 Å². The van der Waals surface area contributed by atoms with Crippen LogP contribution >= 0.6 is 0 Å². The minimum atomic E-state index is -0.408. The van der Waals surface area contributed by atoms with Gasteiger partial charge in [0.25, 0.3) is 0 Å². The first-order chi connectivity index (χ1) is 7.88. The first kappa shape index (κ1) is 11.4. The van der Waals surface area contributed by atoms with Crippen molar-refractivity contribution in [2.24, 2.45) is 5.92 Å². The first-order valence-electron chi connectivity index (χ1n) is 5.87. The van der Waals surface area contributed by atoms with Crippen LogP contribution < -0.4 is 10.1 Å². The molecule has 0 atom stereocenters. The fraction of sp³-hybridized carbons (Fsp3) is 0.538. The van der Waals surface area contributed by atoms with Crippen LogP contribution in [0.4, 0.5) is 4.39 Å². The maximum atomic E-state index is 12.3. The van der Waals surface area contributed by atoms with E-state index in [2.05, 4.69) is 5.32 Å². The Hall–Kier alpha value is -1.09. The fourth-order valence-electron chi connectivity index (χ4n) is 1.94. The van der Waals surface area contributed by atoms with Crippen LogP contribution in [0.1, 0.15) is 18.4 Å². The van der Waals surface area contributed by atoms with Crippen LogP contribution in [0.25, 0.3) is 0 Å². The molecular weight excluding hydrogens is 205 g/mol. The van der Waals surface area contributed by atoms with Gasteiger partial charge in [0.15, 0.2) is 0 Å². The number of ether oxygens (including phenoxy) is 1. The fourth-order valence-corrected chi connectivity index (χ4v) is 1.94. The number of rotatable bonds is 4. The third-order valence-electron chi connectivity index (χ3n) is 3.02. The SMILES string of the molecule is FCc1ccc(OCC2CCNCC2)cc1. The van der Waals surface area contributed by atoms with Crippen molar-refractivity contribution in [1.29, 1.82) is 0 Å². The van der Waals surface area contributed by atoms with Gasteiger partial charge in [-0.3, -0.25) is 0 Å². The zero-order valence-corrected chi connectivity index (χ0v) is 9.42. The Morgan fingerprint density at radius 3 is 2.50 bits per heavy atom. The predicted molar refractivity (Wildman–Crippen MR) is 62.3 cm³/mol. The molecular formula is C13H18FNO. The molecule has 0 bridgehead atoms. The monoisotopic (exact) mass is 223 g/mol. The third-order valence-corrected chi connectivity index (χ3v) is 3.02. The molecule has 1 heterocycles. The zero-order valence-electron chi connectivity index (χ0n) is 9.42. The van der Waals surface area contributed by atoms with Crippen LogP contribution in [0.3, 0.4) is 0 Å². The zero-order chi connectivity index (χ0) is 11.2. The predicted octanol–water partition coefficient (Wildman–Crippen LogP) is 2.53. The number of hydrogen-bond donors (Lipinski definition) is 1. The second-order valence-electron chi connectivity index (χ2n) is 4.28. The van der Waals surface area contributed by atoms with E-state index < -0.39 is 6.67 Å². The highest BCUT2D eigenvalue weighted by atomic mass is 19.1. The van der Waals surface area contributed by atoms with E-state index >= 15 is 0 Å². The van der Waals surface area contributed by atoms with Gasteiger partial charge in [-0.2, -0.15) is 0 Å². The van der Waals surface area contributed by atoms with Gasteiger partial charge in [-0.1, -0.05) is 12.1 Å². The number of benzene rings is 1. The molecule has 16 heavy (non-hydrogen) atoms. The summed E-state index contributed by atoms with van der Waals surface area (Å²) in [5, 5.41) is 3.33. The van der Waals surface area contributed by atoms with Gasteiger partial charge < -0.3 is 10.1 Å². The highest BCUT2D eigenvalue weighted by Gasteiger charge is 2.13. The molecule has 1 aliphatic rings. The first-order valence-corrected chi connectivity index (χ1v) is 5.87. The van der Waals surface area contributed by atoms with Crippen molar-refractivity contribution in [3.63, 3.8) is 0 Å². The summed E-state index contributed by atoms with van der Waals surface area (Å²) in [4.78, 5) is 0. The number of alkyl halides is 1. The molecule has 0 saturated carbocycles. The molecule has 2 rings (SSSR count). The van der Waals surface area contributed by atoms with Crippen LogP contribution in [0.15, 0.2) is 24.3 Å². The largest absolute Gasteiger partial charge is 0.493 e. The van der Waals surface area contributed by atoms with Crippen LogP contribution in [-0.2, 0) is 6.67 Å². The highest BCUT2D eigenvalue weighted by molar-refractivity contribution is 5.26. The molecule has 0 aliphatic carbocycles. The Labute approximate surface area is 95.8 Å². The van der Waals surface area contributed by atoms with Gasteiger partial charge in [0, 0.05) is 0 Å². The van der Waals surface area contributed by atoms with E-state index in [1.807, 2.05) is 12.1 Å². The standard InChI is InChI=1S/C13H18FNO/c14-9-11-1-3-13(4-2-11)16-10-12-5-7-15-8-6-12/h1-4,12,15H,5-10H2. The number of piperidine rings is 1. The van der Waals surface area contributed by atoms with Gasteiger partial charge in [0.05, 0.1) is 6.61 Å². The molecule has 88 valence electrons.